The van der Waals surface area contributed by atoms with Gasteiger partial charge in [0.2, 0.25) is 0 Å². The molecule has 0 saturated heterocycles. The van der Waals surface area contributed by atoms with Crippen molar-refractivity contribution >= 4 is 50.4 Å². The summed E-state index contributed by atoms with van der Waals surface area (Å²) < 4.78 is 0. The van der Waals surface area contributed by atoms with Crippen molar-refractivity contribution in [3.63, 3.8) is 0 Å². The summed E-state index contributed by atoms with van der Waals surface area (Å²) in [6.45, 7) is 0. The molecule has 8 N–H and O–H groups in total. The predicted molar refractivity (Wildman–Crippen MR) is 37.6 cm³/mol. The van der Waals surface area contributed by atoms with E-state index in [9.17, 15) is 0 Å². The molecule has 7 heteroatoms. The predicted octanol–water partition coefficient (Wildman–Crippen LogP) is -3.82. The second-order valence-electron chi connectivity index (χ2n) is 0.100. The Labute approximate surface area is 82.3 Å². The molecule has 0 aromatic rings. The van der Waals surface area contributed by atoms with Crippen LogP contribution in [0, 0.1) is 10.7 Å². The quantitative estimate of drug-likeness (QED) is 0.223. The number of hydrogen-bond donors (Lipinski definition) is 1. The molecule has 0 aliphatic heterocycles. The van der Waals surface area contributed by atoms with Crippen LogP contribution >= 0.6 is 12.6 Å². The molecule has 52 valence electrons. The molecule has 0 radical (unpaired) electrons. The van der Waals surface area contributed by atoms with Gasteiger partial charge >= 0.3 is 37.7 Å². The van der Waals surface area contributed by atoms with E-state index in [0.29, 0.717) is 0 Å². The zero-order valence-electron chi connectivity index (χ0n) is 3.39. The fourth-order valence-electron chi connectivity index (χ4n) is 0. The Hall–Kier alpha value is 0.940. The van der Waals surface area contributed by atoms with Crippen LogP contribution in [0.2, 0.25) is 0 Å². The summed E-state index contributed by atoms with van der Waals surface area (Å²) in [6.07, 6.45) is 0. The summed E-state index contributed by atoms with van der Waals surface area (Å²) in [5.74, 6) is 0. The first-order chi connectivity index (χ1) is 1.41. The van der Waals surface area contributed by atoms with E-state index in [-0.39, 0.29) is 59.6 Å². The minimum absolute atomic E-state index is 0. The number of rotatable bonds is 0. The van der Waals surface area contributed by atoms with Gasteiger partial charge in [-0.2, -0.15) is 5.26 Å². The maximum atomic E-state index is 7.18. The van der Waals surface area contributed by atoms with Crippen molar-refractivity contribution in [3.05, 3.63) is 0 Å². The van der Waals surface area contributed by atoms with Crippen molar-refractivity contribution in [2.45, 2.75) is 0 Å². The van der Waals surface area contributed by atoms with Gasteiger partial charge in [-0.3, -0.25) is 0 Å². The number of hydrogen-bond acceptors (Lipinski definition) is 2. The van der Waals surface area contributed by atoms with Crippen LogP contribution in [0.25, 0.3) is 0 Å². The van der Waals surface area contributed by atoms with E-state index in [4.69, 9.17) is 5.26 Å². The van der Waals surface area contributed by atoms with Crippen LogP contribution in [0.15, 0.2) is 0 Å². The Morgan fingerprint density at radius 3 is 1.00 bits per heavy atom. The summed E-state index contributed by atoms with van der Waals surface area (Å²) in [5.41, 5.74) is 0. The van der Waals surface area contributed by atoms with E-state index in [0.717, 1.165) is 0 Å². The molecule has 0 bridgehead atoms. The van der Waals surface area contributed by atoms with Gasteiger partial charge in [0.1, 0.15) is 5.40 Å². The average molecular weight is 173 g/mol. The molecule has 0 aliphatic carbocycles. The summed E-state index contributed by atoms with van der Waals surface area (Å²) >= 11 is 3.09. The van der Waals surface area contributed by atoms with Crippen molar-refractivity contribution in [2.75, 3.05) is 0 Å². The summed E-state index contributed by atoms with van der Waals surface area (Å²) in [4.78, 5) is 0. The molecule has 0 rings (SSSR count). The summed E-state index contributed by atoms with van der Waals surface area (Å²) in [5, 5.41) is 8.63. The minimum atomic E-state index is 0. The molecular formula is CH11CaNO4S. The van der Waals surface area contributed by atoms with Crippen LogP contribution in [-0.2, 0) is 0 Å². The van der Waals surface area contributed by atoms with Gasteiger partial charge in [0.05, 0.1) is 0 Å². The van der Waals surface area contributed by atoms with E-state index < -0.39 is 0 Å². The molecule has 0 aromatic carbocycles. The van der Waals surface area contributed by atoms with Crippen molar-refractivity contribution < 1.29 is 21.9 Å². The normalized spacial score (nSPS) is 1.00. The second-order valence-corrected chi connectivity index (χ2v) is 0.300. The van der Waals surface area contributed by atoms with E-state index in [1.165, 1.54) is 5.40 Å². The van der Waals surface area contributed by atoms with Gasteiger partial charge < -0.3 is 21.9 Å². The zero-order chi connectivity index (χ0) is 2.71. The molecule has 0 atom stereocenters. The topological polar surface area (TPSA) is 150 Å². The van der Waals surface area contributed by atoms with Gasteiger partial charge in [-0.1, -0.05) is 12.6 Å². The third-order valence-corrected chi connectivity index (χ3v) is 0. The first-order valence-corrected chi connectivity index (χ1v) is 0.894. The van der Waals surface area contributed by atoms with Crippen molar-refractivity contribution in [2.24, 2.45) is 0 Å². The molecular weight excluding hydrogens is 162 g/mol. The van der Waals surface area contributed by atoms with Crippen molar-refractivity contribution in [3.8, 4) is 5.40 Å². The van der Waals surface area contributed by atoms with Crippen molar-refractivity contribution in [1.29, 1.82) is 5.26 Å². The maximum absolute atomic E-state index is 7.18. The monoisotopic (exact) mass is 173 g/mol. The van der Waals surface area contributed by atoms with E-state index in [1.807, 2.05) is 0 Å². The van der Waals surface area contributed by atoms with E-state index in [2.05, 4.69) is 12.6 Å². The number of nitriles is 1. The van der Waals surface area contributed by atoms with Gasteiger partial charge in [0.25, 0.3) is 0 Å². The SMILES string of the molecule is N#CS.O.O.O.O.[CaH2]. The molecule has 0 amide bonds. The third kappa shape index (κ3) is 277. The first kappa shape index (κ1) is 65.2. The van der Waals surface area contributed by atoms with Gasteiger partial charge in [-0.05, 0) is 0 Å². The molecule has 0 heterocycles. The fraction of sp³-hybridized carbons (Fsp3) is 0. The van der Waals surface area contributed by atoms with Crippen LogP contribution < -0.4 is 0 Å². The standard InChI is InChI=1S/CHNS.Ca.4H2O.2H/c2-1-3;;;;;;;/h3H;;4*1H2;;. The van der Waals surface area contributed by atoms with Gasteiger partial charge in [0.15, 0.2) is 0 Å². The number of thiol groups is 1. The Morgan fingerprint density at radius 1 is 1.00 bits per heavy atom. The van der Waals surface area contributed by atoms with Crippen LogP contribution in [0.3, 0.4) is 0 Å². The van der Waals surface area contributed by atoms with E-state index >= 15 is 0 Å². The Morgan fingerprint density at radius 2 is 1.00 bits per heavy atom. The Bertz CT molecular complexity index is 37.5. The average Bonchev–Trinajstić information content (AvgIpc) is 0.918. The van der Waals surface area contributed by atoms with Crippen molar-refractivity contribution in [1.82, 2.24) is 0 Å². The van der Waals surface area contributed by atoms with Gasteiger partial charge in [0, 0.05) is 0 Å². The molecule has 0 aliphatic rings. The van der Waals surface area contributed by atoms with Crippen LogP contribution in [0.5, 0.6) is 0 Å². The molecule has 0 saturated carbocycles. The fourth-order valence-corrected chi connectivity index (χ4v) is 0. The number of nitrogens with zero attached hydrogens (tertiary/aromatic N) is 1. The van der Waals surface area contributed by atoms with Crippen LogP contribution in [-0.4, -0.2) is 59.6 Å². The summed E-state index contributed by atoms with van der Waals surface area (Å²) in [7, 11) is 0. The molecule has 5 nitrogen and oxygen atoms in total. The Kier molecular flexibility index (Phi) is 828. The Balaban J connectivity index is -0.00000000200. The molecule has 8 heavy (non-hydrogen) atoms. The second kappa shape index (κ2) is 102. The van der Waals surface area contributed by atoms with Crippen LogP contribution in [0.1, 0.15) is 0 Å². The zero-order valence-corrected chi connectivity index (χ0v) is 4.29. The van der Waals surface area contributed by atoms with Crippen LogP contribution in [0.4, 0.5) is 0 Å². The molecule has 0 unspecified atom stereocenters. The molecule has 0 aromatic heterocycles. The first-order valence-electron chi connectivity index (χ1n) is 0.447. The summed E-state index contributed by atoms with van der Waals surface area (Å²) in [6, 6.07) is 0. The van der Waals surface area contributed by atoms with Gasteiger partial charge in [-0.25, -0.2) is 0 Å². The third-order valence-electron chi connectivity index (χ3n) is 0. The van der Waals surface area contributed by atoms with Gasteiger partial charge in [-0.15, -0.1) is 0 Å². The van der Waals surface area contributed by atoms with E-state index in [1.54, 1.807) is 0 Å². The molecule has 0 spiro atoms. The molecule has 0 fully saturated rings. The number of thiocyanates is 1.